The van der Waals surface area contributed by atoms with E-state index in [4.69, 9.17) is 19.9 Å². The Morgan fingerprint density at radius 2 is 1.79 bits per heavy atom. The fraction of sp³-hybridized carbons (Fsp3) is 0.0769. The standard InChI is InChI=1S/C26H23N3O4/c1-3-17-7-9-18(10-8-17)16-32-20-11-12-22(23(30)14-20)25-24(15-28-26(27)29-25)33-21-6-4-5-19(13-21)31-2/h3-15,30H,1,16H2,2H3,(H2,27,28,29). The number of benzene rings is 3. The van der Waals surface area contributed by atoms with Crippen molar-refractivity contribution in [3.8, 4) is 40.0 Å². The number of rotatable bonds is 8. The van der Waals surface area contributed by atoms with Gasteiger partial charge in [-0.25, -0.2) is 9.97 Å². The van der Waals surface area contributed by atoms with E-state index in [1.54, 1.807) is 43.5 Å². The first-order valence-electron chi connectivity index (χ1n) is 10.2. The molecule has 0 aliphatic heterocycles. The lowest BCUT2D eigenvalue weighted by molar-refractivity contribution is 0.304. The van der Waals surface area contributed by atoms with Crippen molar-refractivity contribution in [3.05, 3.63) is 90.6 Å². The summed E-state index contributed by atoms with van der Waals surface area (Å²) in [5.41, 5.74) is 8.64. The second-order valence-electron chi connectivity index (χ2n) is 7.14. The quantitative estimate of drug-likeness (QED) is 0.375. The summed E-state index contributed by atoms with van der Waals surface area (Å²) in [7, 11) is 1.58. The third-order valence-corrected chi connectivity index (χ3v) is 4.89. The topological polar surface area (TPSA) is 99.7 Å². The SMILES string of the molecule is C=Cc1ccc(COc2ccc(-c3nc(N)ncc3Oc3cccc(OC)c3)c(O)c2)cc1. The van der Waals surface area contributed by atoms with Gasteiger partial charge in [0.1, 0.15) is 35.3 Å². The van der Waals surface area contributed by atoms with Crippen LogP contribution in [0.25, 0.3) is 17.3 Å². The van der Waals surface area contributed by atoms with E-state index in [1.165, 1.54) is 12.3 Å². The first-order chi connectivity index (χ1) is 16.1. The van der Waals surface area contributed by atoms with Gasteiger partial charge in [0.2, 0.25) is 5.95 Å². The number of aromatic hydroxyl groups is 1. The van der Waals surface area contributed by atoms with Gasteiger partial charge in [-0.2, -0.15) is 0 Å². The second kappa shape index (κ2) is 9.74. The van der Waals surface area contributed by atoms with Crippen LogP contribution in [-0.4, -0.2) is 22.2 Å². The summed E-state index contributed by atoms with van der Waals surface area (Å²) < 4.78 is 17.0. The van der Waals surface area contributed by atoms with Crippen molar-refractivity contribution in [1.29, 1.82) is 0 Å². The van der Waals surface area contributed by atoms with Crippen molar-refractivity contribution in [2.75, 3.05) is 12.8 Å². The fourth-order valence-corrected chi connectivity index (χ4v) is 3.16. The van der Waals surface area contributed by atoms with Crippen LogP contribution in [0.4, 0.5) is 5.95 Å². The van der Waals surface area contributed by atoms with Crippen molar-refractivity contribution in [2.24, 2.45) is 0 Å². The molecule has 4 aromatic rings. The van der Waals surface area contributed by atoms with Gasteiger partial charge in [0.25, 0.3) is 0 Å². The van der Waals surface area contributed by atoms with E-state index >= 15 is 0 Å². The molecule has 4 rings (SSSR count). The Hall–Kier alpha value is -4.52. The Bertz CT molecular complexity index is 1270. The molecule has 0 atom stereocenters. The Morgan fingerprint density at radius 1 is 1.00 bits per heavy atom. The summed E-state index contributed by atoms with van der Waals surface area (Å²) in [6.07, 6.45) is 3.25. The van der Waals surface area contributed by atoms with Gasteiger partial charge >= 0.3 is 0 Å². The number of phenolic OH excluding ortho intramolecular Hbond substituents is 1. The number of methoxy groups -OCH3 is 1. The average molecular weight is 441 g/mol. The molecular formula is C26H23N3O4. The maximum Gasteiger partial charge on any atom is 0.220 e. The summed E-state index contributed by atoms with van der Waals surface area (Å²) in [5.74, 6) is 2.07. The van der Waals surface area contributed by atoms with E-state index in [1.807, 2.05) is 30.3 Å². The first kappa shape index (κ1) is 21.7. The minimum absolute atomic E-state index is 0.0249. The summed E-state index contributed by atoms with van der Waals surface area (Å²) >= 11 is 0. The minimum Gasteiger partial charge on any atom is -0.507 e. The van der Waals surface area contributed by atoms with Gasteiger partial charge in [0, 0.05) is 17.7 Å². The van der Waals surface area contributed by atoms with Crippen molar-refractivity contribution >= 4 is 12.0 Å². The second-order valence-corrected chi connectivity index (χ2v) is 7.14. The summed E-state index contributed by atoms with van der Waals surface area (Å²) in [5, 5.41) is 10.7. The van der Waals surface area contributed by atoms with E-state index in [9.17, 15) is 5.11 Å². The van der Waals surface area contributed by atoms with Crippen LogP contribution in [0.3, 0.4) is 0 Å². The van der Waals surface area contributed by atoms with Crippen molar-refractivity contribution in [2.45, 2.75) is 6.61 Å². The van der Waals surface area contributed by atoms with E-state index in [0.717, 1.165) is 11.1 Å². The normalized spacial score (nSPS) is 10.5. The maximum atomic E-state index is 10.7. The zero-order valence-corrected chi connectivity index (χ0v) is 18.1. The van der Waals surface area contributed by atoms with Gasteiger partial charge in [0.15, 0.2) is 5.75 Å². The Morgan fingerprint density at radius 3 is 2.52 bits per heavy atom. The molecule has 166 valence electrons. The molecule has 0 spiro atoms. The van der Waals surface area contributed by atoms with Gasteiger partial charge in [0.05, 0.1) is 13.3 Å². The highest BCUT2D eigenvalue weighted by Gasteiger charge is 2.16. The molecule has 0 amide bonds. The van der Waals surface area contributed by atoms with E-state index in [2.05, 4.69) is 16.5 Å². The molecule has 0 radical (unpaired) electrons. The molecule has 7 heteroatoms. The molecule has 33 heavy (non-hydrogen) atoms. The molecule has 0 aliphatic rings. The molecule has 0 unspecified atom stereocenters. The number of nitrogens with two attached hydrogens (primary N) is 1. The largest absolute Gasteiger partial charge is 0.507 e. The van der Waals surface area contributed by atoms with Gasteiger partial charge in [-0.15, -0.1) is 0 Å². The molecule has 7 nitrogen and oxygen atoms in total. The van der Waals surface area contributed by atoms with Crippen LogP contribution in [0.5, 0.6) is 28.7 Å². The number of hydrogen-bond acceptors (Lipinski definition) is 7. The van der Waals surface area contributed by atoms with Crippen LogP contribution in [-0.2, 0) is 6.61 Å². The maximum absolute atomic E-state index is 10.7. The number of aromatic nitrogens is 2. The van der Waals surface area contributed by atoms with Crippen molar-refractivity contribution in [3.63, 3.8) is 0 Å². The molecule has 0 aliphatic carbocycles. The molecule has 1 heterocycles. The lowest BCUT2D eigenvalue weighted by atomic mass is 10.1. The highest BCUT2D eigenvalue weighted by molar-refractivity contribution is 5.73. The van der Waals surface area contributed by atoms with Crippen LogP contribution in [0, 0.1) is 0 Å². The smallest absolute Gasteiger partial charge is 0.220 e. The molecule has 0 bridgehead atoms. The Balaban J connectivity index is 1.56. The molecule has 0 fully saturated rings. The van der Waals surface area contributed by atoms with Crippen LogP contribution in [0.2, 0.25) is 0 Å². The Labute approximate surface area is 191 Å². The Kier molecular flexibility index (Phi) is 6.40. The van der Waals surface area contributed by atoms with Gasteiger partial charge in [-0.1, -0.05) is 43.0 Å². The highest BCUT2D eigenvalue weighted by Crippen LogP contribution is 2.38. The molecule has 3 aromatic carbocycles. The fourth-order valence-electron chi connectivity index (χ4n) is 3.16. The molecule has 0 saturated heterocycles. The number of ether oxygens (including phenoxy) is 3. The molecule has 3 N–H and O–H groups in total. The number of hydrogen-bond donors (Lipinski definition) is 2. The van der Waals surface area contributed by atoms with E-state index < -0.39 is 0 Å². The van der Waals surface area contributed by atoms with Crippen molar-refractivity contribution in [1.82, 2.24) is 9.97 Å². The third-order valence-electron chi connectivity index (χ3n) is 4.89. The number of nitrogen functional groups attached to an aromatic ring is 1. The van der Waals surface area contributed by atoms with Crippen LogP contribution in [0.1, 0.15) is 11.1 Å². The zero-order valence-electron chi connectivity index (χ0n) is 18.1. The average Bonchev–Trinajstić information content (AvgIpc) is 2.84. The van der Waals surface area contributed by atoms with Crippen molar-refractivity contribution < 1.29 is 19.3 Å². The monoisotopic (exact) mass is 441 g/mol. The number of nitrogens with zero attached hydrogens (tertiary/aromatic N) is 2. The highest BCUT2D eigenvalue weighted by atomic mass is 16.5. The molecule has 0 saturated carbocycles. The molecule has 1 aromatic heterocycles. The summed E-state index contributed by atoms with van der Waals surface area (Å²) in [6.45, 7) is 4.11. The molecular weight excluding hydrogens is 418 g/mol. The zero-order chi connectivity index (χ0) is 23.2. The van der Waals surface area contributed by atoms with E-state index in [0.29, 0.717) is 40.9 Å². The van der Waals surface area contributed by atoms with Crippen LogP contribution < -0.4 is 19.9 Å². The lowest BCUT2D eigenvalue weighted by Crippen LogP contribution is -2.00. The van der Waals surface area contributed by atoms with Gasteiger partial charge in [-0.3, -0.25) is 0 Å². The number of phenols is 1. The first-order valence-corrected chi connectivity index (χ1v) is 10.2. The van der Waals surface area contributed by atoms with Gasteiger partial charge in [-0.05, 0) is 35.4 Å². The summed E-state index contributed by atoms with van der Waals surface area (Å²) in [4.78, 5) is 8.31. The number of anilines is 1. The lowest BCUT2D eigenvalue weighted by Gasteiger charge is -2.13. The summed E-state index contributed by atoms with van der Waals surface area (Å²) in [6, 6.07) is 20.0. The van der Waals surface area contributed by atoms with Gasteiger partial charge < -0.3 is 25.1 Å². The predicted molar refractivity (Wildman–Crippen MR) is 127 cm³/mol. The van der Waals surface area contributed by atoms with Crippen LogP contribution in [0.15, 0.2) is 79.5 Å². The van der Waals surface area contributed by atoms with Crippen LogP contribution >= 0.6 is 0 Å². The minimum atomic E-state index is -0.0249. The predicted octanol–water partition coefficient (Wildman–Crippen LogP) is 5.45. The van der Waals surface area contributed by atoms with E-state index in [-0.39, 0.29) is 11.7 Å². The third kappa shape index (κ3) is 5.22.